The van der Waals surface area contributed by atoms with Gasteiger partial charge in [0.1, 0.15) is 0 Å². The largest absolute Gasteiger partial charge is 1.00 e. The van der Waals surface area contributed by atoms with Gasteiger partial charge in [-0.15, -0.1) is 0 Å². The van der Waals surface area contributed by atoms with Gasteiger partial charge in [0.25, 0.3) is 0 Å². The molecule has 0 spiro atoms. The third-order valence-corrected chi connectivity index (χ3v) is 4.70. The van der Waals surface area contributed by atoms with Crippen LogP contribution in [0, 0.1) is 5.41 Å². The molecule has 6 heteroatoms. The average molecular weight is 356 g/mol. The minimum Gasteiger partial charge on any atom is -0.549 e. The number of hydrogen-bond acceptors (Lipinski definition) is 4. The summed E-state index contributed by atoms with van der Waals surface area (Å²) in [7, 11) is 0. The summed E-state index contributed by atoms with van der Waals surface area (Å²) in [6.07, 6.45) is 12.2. The zero-order valence-corrected chi connectivity index (χ0v) is 19.0. The molecule has 4 nitrogen and oxygen atoms in total. The summed E-state index contributed by atoms with van der Waals surface area (Å²) in [5, 5.41) is 22.9. The van der Waals surface area contributed by atoms with Gasteiger partial charge in [-0.2, -0.15) is 0 Å². The molecule has 0 saturated heterocycles. The molecular formula is C19H34LiNaO4. The summed E-state index contributed by atoms with van der Waals surface area (Å²) in [4.78, 5) is 22.9. The van der Waals surface area contributed by atoms with Crippen molar-refractivity contribution < 1.29 is 68.2 Å². The number of carboxylic acid groups (broad SMARTS) is 2. The quantitative estimate of drug-likeness (QED) is 0.168. The molecular weight excluding hydrogens is 322 g/mol. The maximum absolute atomic E-state index is 11.5. The Morgan fingerprint density at radius 3 is 1.20 bits per heavy atom. The molecule has 0 heterocycles. The Bertz CT molecular complexity index is 305. The van der Waals surface area contributed by atoms with Gasteiger partial charge < -0.3 is 19.8 Å². The molecule has 0 bridgehead atoms. The van der Waals surface area contributed by atoms with Crippen molar-refractivity contribution in [2.75, 3.05) is 0 Å². The monoisotopic (exact) mass is 356 g/mol. The van der Waals surface area contributed by atoms with Crippen molar-refractivity contribution >= 4 is 11.9 Å². The summed E-state index contributed by atoms with van der Waals surface area (Å²) in [6.45, 7) is 4.27. The van der Waals surface area contributed by atoms with Crippen LogP contribution in [0.15, 0.2) is 0 Å². The predicted octanol–water partition coefficient (Wildman–Crippen LogP) is -3.02. The van der Waals surface area contributed by atoms with E-state index in [2.05, 4.69) is 13.8 Å². The van der Waals surface area contributed by atoms with Crippen LogP contribution in [0.25, 0.3) is 0 Å². The van der Waals surface area contributed by atoms with Gasteiger partial charge in [0, 0.05) is 5.41 Å². The van der Waals surface area contributed by atoms with E-state index in [1.807, 2.05) is 0 Å². The van der Waals surface area contributed by atoms with Gasteiger partial charge in [0.15, 0.2) is 0 Å². The van der Waals surface area contributed by atoms with Gasteiger partial charge in [-0.05, 0) is 12.8 Å². The summed E-state index contributed by atoms with van der Waals surface area (Å²) >= 11 is 0. The average Bonchev–Trinajstić information content (AvgIpc) is 2.51. The van der Waals surface area contributed by atoms with Crippen molar-refractivity contribution in [2.24, 2.45) is 5.41 Å². The van der Waals surface area contributed by atoms with E-state index in [4.69, 9.17) is 0 Å². The number of carbonyl (C=O) groups excluding carboxylic acids is 2. The van der Waals surface area contributed by atoms with Crippen molar-refractivity contribution in [3.05, 3.63) is 0 Å². The van der Waals surface area contributed by atoms with Crippen LogP contribution in [0.1, 0.15) is 104 Å². The van der Waals surface area contributed by atoms with Crippen molar-refractivity contribution in [1.82, 2.24) is 0 Å². The number of aliphatic carboxylic acids is 2. The van der Waals surface area contributed by atoms with Crippen molar-refractivity contribution in [3.8, 4) is 0 Å². The molecule has 0 aromatic heterocycles. The third kappa shape index (κ3) is 13.4. The number of unbranched alkanes of at least 4 members (excludes halogenated alkanes) is 10. The van der Waals surface area contributed by atoms with Crippen LogP contribution in [-0.4, -0.2) is 11.9 Å². The molecule has 0 atom stereocenters. The van der Waals surface area contributed by atoms with Gasteiger partial charge in [-0.25, -0.2) is 0 Å². The first kappa shape index (κ1) is 30.3. The maximum atomic E-state index is 11.5. The Morgan fingerprint density at radius 2 is 0.920 bits per heavy atom. The Balaban J connectivity index is -0.00000242. The summed E-state index contributed by atoms with van der Waals surface area (Å²) in [5.74, 6) is -2.95. The molecule has 0 saturated carbocycles. The zero-order valence-electron chi connectivity index (χ0n) is 17.0. The number of carbonyl (C=O) groups is 2. The van der Waals surface area contributed by atoms with Crippen LogP contribution in [0.5, 0.6) is 0 Å². The fourth-order valence-corrected chi connectivity index (χ4v) is 3.03. The molecule has 0 rings (SSSR count). The standard InChI is InChI=1S/C19H36O4.Li.Na/c1-3-5-7-9-11-13-15-19(17(20)21,18(22)23)16-14-12-10-8-6-4-2;;/h3-16H2,1-2H3,(H,20,21)(H,22,23);;/q;2*+1/p-2. The van der Waals surface area contributed by atoms with Crippen LogP contribution in [0.3, 0.4) is 0 Å². The molecule has 0 aliphatic carbocycles. The molecule has 0 amide bonds. The van der Waals surface area contributed by atoms with E-state index in [-0.39, 0.29) is 61.3 Å². The van der Waals surface area contributed by atoms with Crippen molar-refractivity contribution in [2.45, 2.75) is 104 Å². The van der Waals surface area contributed by atoms with Gasteiger partial charge in [0.2, 0.25) is 0 Å². The Hall–Kier alpha value is 0.537. The first-order valence-corrected chi connectivity index (χ1v) is 9.44. The SMILES string of the molecule is CCCCCCCCC(CCCCCCCC)(C(=O)[O-])C(=O)[O-].[Li+].[Na+]. The van der Waals surface area contributed by atoms with Crippen LogP contribution >= 0.6 is 0 Å². The van der Waals surface area contributed by atoms with Crippen LogP contribution < -0.4 is 58.6 Å². The molecule has 25 heavy (non-hydrogen) atoms. The molecule has 136 valence electrons. The van der Waals surface area contributed by atoms with E-state index in [1.165, 1.54) is 12.8 Å². The third-order valence-electron chi connectivity index (χ3n) is 4.70. The van der Waals surface area contributed by atoms with Crippen LogP contribution in [0.4, 0.5) is 0 Å². The molecule has 0 aliphatic heterocycles. The second kappa shape index (κ2) is 19.3. The Labute approximate surface area is 188 Å². The number of carboxylic acids is 2. The van der Waals surface area contributed by atoms with E-state index in [0.717, 1.165) is 51.4 Å². The van der Waals surface area contributed by atoms with Gasteiger partial charge in [-0.3, -0.25) is 0 Å². The molecule has 0 radical (unpaired) electrons. The number of rotatable bonds is 16. The normalized spacial score (nSPS) is 10.6. The first-order valence-electron chi connectivity index (χ1n) is 9.44. The van der Waals surface area contributed by atoms with E-state index in [0.29, 0.717) is 12.8 Å². The minimum atomic E-state index is -1.80. The van der Waals surface area contributed by atoms with Crippen LogP contribution in [0.2, 0.25) is 0 Å². The molecule has 0 aromatic rings. The van der Waals surface area contributed by atoms with E-state index in [1.54, 1.807) is 0 Å². The van der Waals surface area contributed by atoms with E-state index in [9.17, 15) is 19.8 Å². The fourth-order valence-electron chi connectivity index (χ4n) is 3.03. The first-order chi connectivity index (χ1) is 11.0. The van der Waals surface area contributed by atoms with Gasteiger partial charge in [-0.1, -0.05) is 90.9 Å². The summed E-state index contributed by atoms with van der Waals surface area (Å²) in [6, 6.07) is 0. The second-order valence-corrected chi connectivity index (χ2v) is 6.69. The molecule has 0 N–H and O–H groups in total. The van der Waals surface area contributed by atoms with E-state index < -0.39 is 17.4 Å². The Kier molecular flexibility index (Phi) is 23.4. The predicted molar refractivity (Wildman–Crippen MR) is 88.4 cm³/mol. The van der Waals surface area contributed by atoms with Crippen molar-refractivity contribution in [1.29, 1.82) is 0 Å². The minimum absolute atomic E-state index is 0. The molecule has 0 fully saturated rings. The van der Waals surface area contributed by atoms with E-state index >= 15 is 0 Å². The smallest absolute Gasteiger partial charge is 0.549 e. The molecule has 0 unspecified atom stereocenters. The molecule has 0 aromatic carbocycles. The topological polar surface area (TPSA) is 80.3 Å². The second-order valence-electron chi connectivity index (χ2n) is 6.69. The number of hydrogen-bond donors (Lipinski definition) is 0. The van der Waals surface area contributed by atoms with Gasteiger partial charge >= 0.3 is 48.4 Å². The van der Waals surface area contributed by atoms with Crippen LogP contribution in [-0.2, 0) is 9.59 Å². The zero-order chi connectivity index (χ0) is 17.6. The van der Waals surface area contributed by atoms with Crippen molar-refractivity contribution in [3.63, 3.8) is 0 Å². The summed E-state index contributed by atoms with van der Waals surface area (Å²) in [5.41, 5.74) is -1.80. The summed E-state index contributed by atoms with van der Waals surface area (Å²) < 4.78 is 0. The van der Waals surface area contributed by atoms with Gasteiger partial charge in [0.05, 0.1) is 11.9 Å². The fraction of sp³-hybridized carbons (Fsp3) is 0.895. The Morgan fingerprint density at radius 1 is 0.640 bits per heavy atom. The maximum Gasteiger partial charge on any atom is 1.00 e. The molecule has 0 aliphatic rings.